The zero-order valence-corrected chi connectivity index (χ0v) is 10.3. The summed E-state index contributed by atoms with van der Waals surface area (Å²) < 4.78 is 22.9. The second-order valence-corrected chi connectivity index (χ2v) is 6.65. The zero-order valence-electron chi connectivity index (χ0n) is 9.47. The van der Waals surface area contributed by atoms with Crippen LogP contribution in [-0.4, -0.2) is 25.9 Å². The molecule has 1 saturated carbocycles. The monoisotopic (exact) mass is 240 g/mol. The molecule has 88 valence electrons. The third-order valence-electron chi connectivity index (χ3n) is 3.43. The van der Waals surface area contributed by atoms with E-state index in [-0.39, 0.29) is 5.41 Å². The molecule has 3 nitrogen and oxygen atoms in total. The number of aliphatic hydroxyl groups excluding tert-OH is 1. The van der Waals surface area contributed by atoms with Gasteiger partial charge in [0.05, 0.1) is 11.0 Å². The predicted molar refractivity (Wildman–Crippen MR) is 62.1 cm³/mol. The van der Waals surface area contributed by atoms with Crippen LogP contribution in [0.5, 0.6) is 0 Å². The molecular weight excluding hydrogens is 224 g/mol. The van der Waals surface area contributed by atoms with Crippen molar-refractivity contribution in [2.24, 2.45) is 0 Å². The number of hydrogen-bond donors (Lipinski definition) is 1. The van der Waals surface area contributed by atoms with Crippen LogP contribution in [0.25, 0.3) is 0 Å². The normalized spacial score (nSPS) is 20.4. The van der Waals surface area contributed by atoms with Gasteiger partial charge in [0.15, 0.2) is 9.84 Å². The van der Waals surface area contributed by atoms with Gasteiger partial charge in [0.1, 0.15) is 0 Å². The van der Waals surface area contributed by atoms with E-state index in [1.54, 1.807) is 25.1 Å². The third kappa shape index (κ3) is 1.87. The topological polar surface area (TPSA) is 54.4 Å². The van der Waals surface area contributed by atoms with Gasteiger partial charge in [0, 0.05) is 11.7 Å². The van der Waals surface area contributed by atoms with Crippen LogP contribution in [0.4, 0.5) is 0 Å². The van der Waals surface area contributed by atoms with Gasteiger partial charge in [0.2, 0.25) is 0 Å². The van der Waals surface area contributed by atoms with Gasteiger partial charge in [-0.1, -0.05) is 12.1 Å². The van der Waals surface area contributed by atoms with Crippen molar-refractivity contribution in [3.8, 4) is 0 Å². The van der Waals surface area contributed by atoms with E-state index >= 15 is 0 Å². The smallest absolute Gasteiger partial charge is 0.175 e. The lowest BCUT2D eigenvalue weighted by molar-refractivity contribution is 0.150. The van der Waals surface area contributed by atoms with Crippen molar-refractivity contribution in [1.29, 1.82) is 0 Å². The van der Waals surface area contributed by atoms with Crippen LogP contribution in [0.1, 0.15) is 25.3 Å². The molecule has 1 aliphatic carbocycles. The van der Waals surface area contributed by atoms with Crippen LogP contribution in [0, 0.1) is 0 Å². The molecule has 0 spiro atoms. The summed E-state index contributed by atoms with van der Waals surface area (Å²) in [7, 11) is -3.17. The number of aliphatic hydroxyl groups is 1. The average Bonchev–Trinajstić information content (AvgIpc) is 2.97. The van der Waals surface area contributed by atoms with Gasteiger partial charge in [-0.3, -0.25) is 0 Å². The Labute approximate surface area is 96.0 Å². The highest BCUT2D eigenvalue weighted by molar-refractivity contribution is 7.90. The average molecular weight is 240 g/mol. The molecule has 0 saturated heterocycles. The highest BCUT2D eigenvalue weighted by Crippen LogP contribution is 2.51. The van der Waals surface area contributed by atoms with Gasteiger partial charge in [-0.15, -0.1) is 0 Å². The molecule has 1 aromatic rings. The first-order chi connectivity index (χ1) is 7.36. The molecule has 0 bridgehead atoms. The maximum absolute atomic E-state index is 11.4. The number of sulfone groups is 1. The Morgan fingerprint density at radius 1 is 1.38 bits per heavy atom. The van der Waals surface area contributed by atoms with E-state index in [2.05, 4.69) is 0 Å². The predicted octanol–water partition coefficient (Wildman–Crippen LogP) is 1.50. The Hall–Kier alpha value is -0.870. The fourth-order valence-electron chi connectivity index (χ4n) is 2.12. The molecule has 0 heterocycles. The summed E-state index contributed by atoms with van der Waals surface area (Å²) in [6.45, 7) is 1.76. The summed E-state index contributed by atoms with van der Waals surface area (Å²) in [6.07, 6.45) is 2.63. The molecule has 1 aromatic carbocycles. The summed E-state index contributed by atoms with van der Waals surface area (Å²) in [5, 5.41) is 9.74. The molecule has 1 N–H and O–H groups in total. The Morgan fingerprint density at radius 2 is 2.00 bits per heavy atom. The van der Waals surface area contributed by atoms with Crippen LogP contribution in [-0.2, 0) is 15.3 Å². The Bertz CT molecular complexity index is 499. The lowest BCUT2D eigenvalue weighted by atomic mass is 9.91. The first-order valence-electron chi connectivity index (χ1n) is 5.35. The van der Waals surface area contributed by atoms with E-state index < -0.39 is 15.9 Å². The van der Waals surface area contributed by atoms with Crippen molar-refractivity contribution < 1.29 is 13.5 Å². The van der Waals surface area contributed by atoms with E-state index in [1.807, 2.05) is 6.07 Å². The SMILES string of the molecule is CC(O)C1(c2cccc(S(C)(=O)=O)c2)CC1. The summed E-state index contributed by atoms with van der Waals surface area (Å²) in [6, 6.07) is 6.93. The summed E-state index contributed by atoms with van der Waals surface area (Å²) in [4.78, 5) is 0.330. The quantitative estimate of drug-likeness (QED) is 0.871. The molecule has 2 rings (SSSR count). The van der Waals surface area contributed by atoms with Crippen LogP contribution in [0.15, 0.2) is 29.2 Å². The summed E-state index contributed by atoms with van der Waals surface area (Å²) >= 11 is 0. The minimum atomic E-state index is -3.17. The molecule has 4 heteroatoms. The summed E-state index contributed by atoms with van der Waals surface area (Å²) in [5.74, 6) is 0. The molecule has 0 aromatic heterocycles. The van der Waals surface area contributed by atoms with E-state index in [0.29, 0.717) is 4.90 Å². The van der Waals surface area contributed by atoms with Crippen molar-refractivity contribution >= 4 is 9.84 Å². The van der Waals surface area contributed by atoms with Gasteiger partial charge < -0.3 is 5.11 Å². The minimum Gasteiger partial charge on any atom is -0.392 e. The van der Waals surface area contributed by atoms with E-state index in [4.69, 9.17) is 0 Å². The maximum atomic E-state index is 11.4. The van der Waals surface area contributed by atoms with Gasteiger partial charge in [-0.2, -0.15) is 0 Å². The molecule has 1 aliphatic rings. The Balaban J connectivity index is 2.45. The van der Waals surface area contributed by atoms with Crippen LogP contribution in [0.2, 0.25) is 0 Å². The van der Waals surface area contributed by atoms with Crippen LogP contribution in [0.3, 0.4) is 0 Å². The first kappa shape index (κ1) is 11.6. The van der Waals surface area contributed by atoms with Crippen molar-refractivity contribution in [1.82, 2.24) is 0 Å². The second kappa shape index (κ2) is 3.57. The van der Waals surface area contributed by atoms with E-state index in [9.17, 15) is 13.5 Å². The van der Waals surface area contributed by atoms with E-state index in [0.717, 1.165) is 18.4 Å². The van der Waals surface area contributed by atoms with Crippen molar-refractivity contribution in [3.05, 3.63) is 29.8 Å². The number of hydrogen-bond acceptors (Lipinski definition) is 3. The lowest BCUT2D eigenvalue weighted by Crippen LogP contribution is -2.22. The van der Waals surface area contributed by atoms with Crippen molar-refractivity contribution in [3.63, 3.8) is 0 Å². The first-order valence-corrected chi connectivity index (χ1v) is 7.24. The maximum Gasteiger partial charge on any atom is 0.175 e. The standard InChI is InChI=1S/C12H16O3S/c1-9(13)12(6-7-12)10-4-3-5-11(8-10)16(2,14)15/h3-5,8-9,13H,6-7H2,1-2H3. The Kier molecular flexibility index (Phi) is 2.59. The Morgan fingerprint density at radius 3 is 2.44 bits per heavy atom. The molecule has 16 heavy (non-hydrogen) atoms. The number of benzene rings is 1. The molecule has 0 aliphatic heterocycles. The van der Waals surface area contributed by atoms with Gasteiger partial charge in [-0.05, 0) is 37.5 Å². The second-order valence-electron chi connectivity index (χ2n) is 4.63. The van der Waals surface area contributed by atoms with E-state index in [1.165, 1.54) is 6.26 Å². The lowest BCUT2D eigenvalue weighted by Gasteiger charge is -2.19. The van der Waals surface area contributed by atoms with Gasteiger partial charge in [-0.25, -0.2) is 8.42 Å². The fourth-order valence-corrected chi connectivity index (χ4v) is 2.79. The molecule has 1 fully saturated rings. The molecule has 1 unspecified atom stereocenters. The molecule has 1 atom stereocenters. The molecular formula is C12H16O3S. The van der Waals surface area contributed by atoms with Gasteiger partial charge >= 0.3 is 0 Å². The minimum absolute atomic E-state index is 0.208. The summed E-state index contributed by atoms with van der Waals surface area (Å²) in [5.41, 5.74) is 0.728. The third-order valence-corrected chi connectivity index (χ3v) is 4.54. The van der Waals surface area contributed by atoms with Gasteiger partial charge in [0.25, 0.3) is 0 Å². The number of rotatable bonds is 3. The zero-order chi connectivity index (χ0) is 12.0. The largest absolute Gasteiger partial charge is 0.392 e. The van der Waals surface area contributed by atoms with Crippen LogP contribution < -0.4 is 0 Å². The highest BCUT2D eigenvalue weighted by Gasteiger charge is 2.48. The van der Waals surface area contributed by atoms with Crippen LogP contribution >= 0.6 is 0 Å². The van der Waals surface area contributed by atoms with Crippen molar-refractivity contribution in [2.75, 3.05) is 6.26 Å². The molecule has 0 radical (unpaired) electrons. The molecule has 0 amide bonds. The van der Waals surface area contributed by atoms with Crippen molar-refractivity contribution in [2.45, 2.75) is 36.2 Å². The highest BCUT2D eigenvalue weighted by atomic mass is 32.2. The fraction of sp³-hybridized carbons (Fsp3) is 0.500.